The highest BCUT2D eigenvalue weighted by molar-refractivity contribution is 6.39. The molecule has 1 aromatic rings. The Hall–Kier alpha value is -1.88. The summed E-state index contributed by atoms with van der Waals surface area (Å²) in [6.45, 7) is 9.95. The first-order valence-electron chi connectivity index (χ1n) is 7.45. The predicted molar refractivity (Wildman–Crippen MR) is 87.6 cm³/mol. The zero-order valence-electron chi connectivity index (χ0n) is 14.0. The number of nitrogens with one attached hydrogen (secondary N) is 2. The zero-order valence-corrected chi connectivity index (χ0v) is 14.0. The van der Waals surface area contributed by atoms with E-state index in [9.17, 15) is 14.7 Å². The highest BCUT2D eigenvalue weighted by Gasteiger charge is 2.22. The number of aliphatic hydroxyl groups excluding tert-OH is 1. The Kier molecular flexibility index (Phi) is 6.11. The van der Waals surface area contributed by atoms with Gasteiger partial charge in [0.15, 0.2) is 0 Å². The Morgan fingerprint density at radius 2 is 1.77 bits per heavy atom. The number of anilines is 1. The van der Waals surface area contributed by atoms with Crippen LogP contribution in [-0.2, 0) is 9.59 Å². The minimum absolute atomic E-state index is 0.244. The van der Waals surface area contributed by atoms with E-state index in [2.05, 4.69) is 10.6 Å². The van der Waals surface area contributed by atoms with Crippen molar-refractivity contribution in [3.63, 3.8) is 0 Å². The molecule has 0 aliphatic carbocycles. The van der Waals surface area contributed by atoms with Crippen molar-refractivity contribution in [1.82, 2.24) is 5.32 Å². The van der Waals surface area contributed by atoms with Crippen molar-refractivity contribution in [3.05, 3.63) is 29.3 Å². The third-order valence-corrected chi connectivity index (χ3v) is 3.67. The van der Waals surface area contributed by atoms with Gasteiger partial charge in [-0.25, -0.2) is 0 Å². The van der Waals surface area contributed by atoms with Crippen molar-refractivity contribution in [2.75, 3.05) is 11.9 Å². The van der Waals surface area contributed by atoms with Gasteiger partial charge in [0.25, 0.3) is 0 Å². The number of aliphatic hydroxyl groups is 1. The standard InChI is InChI=1S/C17H26N2O3/c1-11-6-7-13(10-12(11)2)19-16(22)15(21)18-9-8-14(20)17(3,4)5/h6-7,10,14,20H,8-9H2,1-5H3,(H,18,21)(H,19,22). The van der Waals surface area contributed by atoms with Gasteiger partial charge in [0.2, 0.25) is 0 Å². The summed E-state index contributed by atoms with van der Waals surface area (Å²) in [5, 5.41) is 15.0. The Balaban J connectivity index is 2.45. The number of rotatable bonds is 4. The third-order valence-electron chi connectivity index (χ3n) is 3.67. The molecule has 122 valence electrons. The van der Waals surface area contributed by atoms with Gasteiger partial charge >= 0.3 is 11.8 Å². The van der Waals surface area contributed by atoms with E-state index in [1.807, 2.05) is 46.8 Å². The first-order chi connectivity index (χ1) is 10.1. The number of hydrogen-bond acceptors (Lipinski definition) is 3. The van der Waals surface area contributed by atoms with Crippen LogP contribution in [0.1, 0.15) is 38.3 Å². The van der Waals surface area contributed by atoms with Gasteiger partial charge in [-0.05, 0) is 48.9 Å². The Morgan fingerprint density at radius 1 is 1.14 bits per heavy atom. The fraction of sp³-hybridized carbons (Fsp3) is 0.529. The molecule has 3 N–H and O–H groups in total. The van der Waals surface area contributed by atoms with E-state index in [1.54, 1.807) is 6.07 Å². The summed E-state index contributed by atoms with van der Waals surface area (Å²) >= 11 is 0. The number of benzene rings is 1. The lowest BCUT2D eigenvalue weighted by Crippen LogP contribution is -2.38. The fourth-order valence-electron chi connectivity index (χ4n) is 1.84. The van der Waals surface area contributed by atoms with Crippen molar-refractivity contribution < 1.29 is 14.7 Å². The van der Waals surface area contributed by atoms with Crippen LogP contribution in [0.4, 0.5) is 5.69 Å². The average Bonchev–Trinajstić information content (AvgIpc) is 2.41. The molecule has 1 aromatic carbocycles. The minimum atomic E-state index is -0.700. The summed E-state index contributed by atoms with van der Waals surface area (Å²) in [6.07, 6.45) is -0.123. The van der Waals surface area contributed by atoms with Crippen LogP contribution >= 0.6 is 0 Å². The molecule has 0 spiro atoms. The Labute approximate surface area is 132 Å². The molecule has 0 saturated heterocycles. The van der Waals surface area contributed by atoms with Crippen LogP contribution in [0.3, 0.4) is 0 Å². The Bertz CT molecular complexity index is 547. The molecule has 0 aliphatic rings. The van der Waals surface area contributed by atoms with E-state index in [-0.39, 0.29) is 12.0 Å². The Morgan fingerprint density at radius 3 is 2.32 bits per heavy atom. The first-order valence-corrected chi connectivity index (χ1v) is 7.45. The van der Waals surface area contributed by atoms with Gasteiger partial charge in [-0.15, -0.1) is 0 Å². The molecule has 0 radical (unpaired) electrons. The van der Waals surface area contributed by atoms with Crippen LogP contribution < -0.4 is 10.6 Å². The quantitative estimate of drug-likeness (QED) is 0.746. The first kappa shape index (κ1) is 18.2. The molecule has 0 aliphatic heterocycles. The second-order valence-corrected chi connectivity index (χ2v) is 6.68. The molecule has 0 fully saturated rings. The molecule has 1 unspecified atom stereocenters. The van der Waals surface area contributed by atoms with Gasteiger partial charge in [-0.1, -0.05) is 26.8 Å². The molecule has 1 atom stereocenters. The van der Waals surface area contributed by atoms with Crippen molar-refractivity contribution >= 4 is 17.5 Å². The van der Waals surface area contributed by atoms with Gasteiger partial charge in [-0.2, -0.15) is 0 Å². The van der Waals surface area contributed by atoms with E-state index >= 15 is 0 Å². The van der Waals surface area contributed by atoms with Gasteiger partial charge in [0.05, 0.1) is 6.10 Å². The molecule has 1 rings (SSSR count). The number of hydrogen-bond donors (Lipinski definition) is 3. The molecule has 5 nitrogen and oxygen atoms in total. The van der Waals surface area contributed by atoms with Crippen molar-refractivity contribution in [1.29, 1.82) is 0 Å². The fourth-order valence-corrected chi connectivity index (χ4v) is 1.84. The summed E-state index contributed by atoms with van der Waals surface area (Å²) in [4.78, 5) is 23.5. The summed E-state index contributed by atoms with van der Waals surface area (Å²) in [5.74, 6) is -1.40. The molecule has 5 heteroatoms. The maximum absolute atomic E-state index is 11.8. The summed E-state index contributed by atoms with van der Waals surface area (Å²) in [5.41, 5.74) is 2.52. The SMILES string of the molecule is Cc1ccc(NC(=O)C(=O)NCCC(O)C(C)(C)C)cc1C. The van der Waals surface area contributed by atoms with Crippen LogP contribution in [0.5, 0.6) is 0 Å². The minimum Gasteiger partial charge on any atom is -0.393 e. The van der Waals surface area contributed by atoms with Crippen molar-refractivity contribution in [2.24, 2.45) is 5.41 Å². The topological polar surface area (TPSA) is 78.4 Å². The van der Waals surface area contributed by atoms with Gasteiger partial charge in [0, 0.05) is 12.2 Å². The normalized spacial score (nSPS) is 12.6. The van der Waals surface area contributed by atoms with Gasteiger partial charge in [-0.3, -0.25) is 9.59 Å². The molecule has 0 saturated carbocycles. The number of amides is 2. The third kappa shape index (κ3) is 5.48. The second-order valence-electron chi connectivity index (χ2n) is 6.68. The van der Waals surface area contributed by atoms with Crippen LogP contribution in [0.2, 0.25) is 0 Å². The molecular formula is C17H26N2O3. The largest absolute Gasteiger partial charge is 0.393 e. The average molecular weight is 306 g/mol. The lowest BCUT2D eigenvalue weighted by Gasteiger charge is -2.25. The molecule has 0 heterocycles. The highest BCUT2D eigenvalue weighted by atomic mass is 16.3. The maximum atomic E-state index is 11.8. The van der Waals surface area contributed by atoms with Crippen LogP contribution in [0.15, 0.2) is 18.2 Å². The van der Waals surface area contributed by atoms with Crippen LogP contribution in [-0.4, -0.2) is 29.6 Å². The zero-order chi connectivity index (χ0) is 16.9. The van der Waals surface area contributed by atoms with Gasteiger partial charge in [0.1, 0.15) is 0 Å². The highest BCUT2D eigenvalue weighted by Crippen LogP contribution is 2.20. The number of carbonyl (C=O) groups excluding carboxylic acids is 2. The molecule has 22 heavy (non-hydrogen) atoms. The number of carbonyl (C=O) groups is 2. The molecule has 2 amide bonds. The van der Waals surface area contributed by atoms with E-state index in [4.69, 9.17) is 0 Å². The van der Waals surface area contributed by atoms with Crippen molar-refractivity contribution in [2.45, 2.75) is 47.1 Å². The maximum Gasteiger partial charge on any atom is 0.313 e. The second kappa shape index (κ2) is 7.40. The predicted octanol–water partition coefficient (Wildman–Crippen LogP) is 2.16. The van der Waals surface area contributed by atoms with E-state index in [0.717, 1.165) is 11.1 Å². The van der Waals surface area contributed by atoms with E-state index < -0.39 is 17.9 Å². The van der Waals surface area contributed by atoms with Crippen LogP contribution in [0.25, 0.3) is 0 Å². The molecular weight excluding hydrogens is 280 g/mol. The lowest BCUT2D eigenvalue weighted by atomic mass is 9.87. The van der Waals surface area contributed by atoms with Gasteiger partial charge < -0.3 is 15.7 Å². The number of aryl methyl sites for hydroxylation is 2. The monoisotopic (exact) mass is 306 g/mol. The van der Waals surface area contributed by atoms with Crippen LogP contribution in [0, 0.1) is 19.3 Å². The summed E-state index contributed by atoms with van der Waals surface area (Å²) in [7, 11) is 0. The van der Waals surface area contributed by atoms with E-state index in [0.29, 0.717) is 12.1 Å². The molecule has 0 bridgehead atoms. The summed E-state index contributed by atoms with van der Waals surface area (Å²) < 4.78 is 0. The molecule has 0 aromatic heterocycles. The van der Waals surface area contributed by atoms with Crippen molar-refractivity contribution in [3.8, 4) is 0 Å². The smallest absolute Gasteiger partial charge is 0.313 e. The van der Waals surface area contributed by atoms with E-state index in [1.165, 1.54) is 0 Å². The lowest BCUT2D eigenvalue weighted by molar-refractivity contribution is -0.136. The summed E-state index contributed by atoms with van der Waals surface area (Å²) in [6, 6.07) is 5.48.